The Kier molecular flexibility index (Phi) is 5.67. The molecule has 0 amide bonds. The minimum Gasteiger partial charge on any atom is -0.396 e. The van der Waals surface area contributed by atoms with Crippen LogP contribution in [0, 0.1) is 11.2 Å². The number of benzene rings is 2. The number of halogens is 2. The van der Waals surface area contributed by atoms with Crippen molar-refractivity contribution in [2.24, 2.45) is 5.41 Å². The highest BCUT2D eigenvalue weighted by atomic mass is 35.5. The van der Waals surface area contributed by atoms with Gasteiger partial charge in [-0.2, -0.15) is 4.31 Å². The fourth-order valence-electron chi connectivity index (χ4n) is 3.53. The maximum atomic E-state index is 13.1. The van der Waals surface area contributed by atoms with Crippen LogP contribution in [0.25, 0.3) is 0 Å². The van der Waals surface area contributed by atoms with E-state index < -0.39 is 21.3 Å². The molecule has 1 aliphatic heterocycles. The maximum absolute atomic E-state index is 13.1. The Balaban J connectivity index is 1.85. The van der Waals surface area contributed by atoms with Gasteiger partial charge in [-0.05, 0) is 61.2 Å². The molecule has 140 valence electrons. The van der Waals surface area contributed by atoms with Crippen molar-refractivity contribution in [3.63, 3.8) is 0 Å². The third kappa shape index (κ3) is 4.09. The highest BCUT2D eigenvalue weighted by Gasteiger charge is 2.39. The molecule has 0 unspecified atom stereocenters. The van der Waals surface area contributed by atoms with E-state index in [-0.39, 0.29) is 18.0 Å². The Hall–Kier alpha value is -1.47. The second-order valence-electron chi connectivity index (χ2n) is 6.86. The first kappa shape index (κ1) is 19.3. The van der Waals surface area contributed by atoms with Crippen LogP contribution in [0.3, 0.4) is 0 Å². The zero-order valence-electron chi connectivity index (χ0n) is 14.2. The van der Waals surface area contributed by atoms with Crippen LogP contribution in [0.2, 0.25) is 5.02 Å². The van der Waals surface area contributed by atoms with Crippen molar-refractivity contribution in [1.82, 2.24) is 4.31 Å². The summed E-state index contributed by atoms with van der Waals surface area (Å²) in [4.78, 5) is 0.0652. The van der Waals surface area contributed by atoms with Gasteiger partial charge in [0.15, 0.2) is 0 Å². The molecule has 0 aromatic heterocycles. The van der Waals surface area contributed by atoms with Crippen LogP contribution in [0.15, 0.2) is 53.4 Å². The van der Waals surface area contributed by atoms with Crippen LogP contribution in [-0.2, 0) is 16.4 Å². The molecule has 4 nitrogen and oxygen atoms in total. The van der Waals surface area contributed by atoms with Crippen molar-refractivity contribution in [3.05, 3.63) is 64.9 Å². The molecule has 1 atom stereocenters. The lowest BCUT2D eigenvalue weighted by Crippen LogP contribution is -2.48. The lowest BCUT2D eigenvalue weighted by atomic mass is 9.76. The Morgan fingerprint density at radius 3 is 2.58 bits per heavy atom. The molecule has 7 heteroatoms. The van der Waals surface area contributed by atoms with Gasteiger partial charge in [-0.3, -0.25) is 0 Å². The average molecular weight is 398 g/mol. The number of piperidine rings is 1. The smallest absolute Gasteiger partial charge is 0.243 e. The molecule has 2 aromatic carbocycles. The first-order valence-corrected chi connectivity index (χ1v) is 10.3. The molecule has 26 heavy (non-hydrogen) atoms. The fraction of sp³-hybridized carbons (Fsp3) is 0.368. The van der Waals surface area contributed by atoms with Gasteiger partial charge in [0.25, 0.3) is 0 Å². The van der Waals surface area contributed by atoms with Gasteiger partial charge in [-0.15, -0.1) is 0 Å². The monoisotopic (exact) mass is 397 g/mol. The van der Waals surface area contributed by atoms with E-state index in [0.717, 1.165) is 24.1 Å². The quantitative estimate of drug-likeness (QED) is 0.840. The summed E-state index contributed by atoms with van der Waals surface area (Å²) in [7, 11) is -3.73. The SMILES string of the molecule is O=S(=O)(c1ccc(F)cc1)N1CCC[C@](CO)(Cc2cccc(Cl)c2)C1. The molecule has 1 heterocycles. The first-order valence-electron chi connectivity index (χ1n) is 8.46. The second kappa shape index (κ2) is 7.64. The Morgan fingerprint density at radius 2 is 1.92 bits per heavy atom. The summed E-state index contributed by atoms with van der Waals surface area (Å²) in [6.45, 7) is 0.488. The van der Waals surface area contributed by atoms with Crippen molar-refractivity contribution in [3.8, 4) is 0 Å². The van der Waals surface area contributed by atoms with E-state index in [1.54, 1.807) is 6.07 Å². The van der Waals surface area contributed by atoms with E-state index in [1.165, 1.54) is 16.4 Å². The summed E-state index contributed by atoms with van der Waals surface area (Å²) in [5.74, 6) is -0.478. The molecular weight excluding hydrogens is 377 g/mol. The molecule has 3 rings (SSSR count). The third-order valence-corrected chi connectivity index (χ3v) is 6.98. The predicted octanol–water partition coefficient (Wildman–Crippen LogP) is 3.49. The van der Waals surface area contributed by atoms with Crippen LogP contribution in [-0.4, -0.2) is 37.5 Å². The number of hydrogen-bond donors (Lipinski definition) is 1. The van der Waals surface area contributed by atoms with E-state index in [1.807, 2.05) is 18.2 Å². The van der Waals surface area contributed by atoms with E-state index in [2.05, 4.69) is 0 Å². The lowest BCUT2D eigenvalue weighted by Gasteiger charge is -2.41. The molecule has 1 fully saturated rings. The van der Waals surface area contributed by atoms with E-state index in [4.69, 9.17) is 11.6 Å². The summed E-state index contributed by atoms with van der Waals surface area (Å²) in [6.07, 6.45) is 1.92. The average Bonchev–Trinajstić information content (AvgIpc) is 2.62. The zero-order chi connectivity index (χ0) is 18.8. The van der Waals surface area contributed by atoms with Gasteiger partial charge < -0.3 is 5.11 Å². The van der Waals surface area contributed by atoms with E-state index >= 15 is 0 Å². The van der Waals surface area contributed by atoms with E-state index in [9.17, 15) is 17.9 Å². The predicted molar refractivity (Wildman–Crippen MR) is 99.1 cm³/mol. The molecule has 0 aliphatic carbocycles. The van der Waals surface area contributed by atoms with Crippen molar-refractivity contribution in [2.45, 2.75) is 24.2 Å². The van der Waals surface area contributed by atoms with Crippen LogP contribution in [0.4, 0.5) is 4.39 Å². The first-order chi connectivity index (χ1) is 12.3. The van der Waals surface area contributed by atoms with Gasteiger partial charge >= 0.3 is 0 Å². The molecule has 1 saturated heterocycles. The van der Waals surface area contributed by atoms with Crippen molar-refractivity contribution < 1.29 is 17.9 Å². The lowest BCUT2D eigenvalue weighted by molar-refractivity contribution is 0.0645. The van der Waals surface area contributed by atoms with Gasteiger partial charge in [0.2, 0.25) is 10.0 Å². The summed E-state index contributed by atoms with van der Waals surface area (Å²) < 4.78 is 40.3. The Labute approximate surface area is 158 Å². The maximum Gasteiger partial charge on any atom is 0.243 e. The summed E-state index contributed by atoms with van der Waals surface area (Å²) in [6, 6.07) is 12.2. The van der Waals surface area contributed by atoms with Crippen LogP contribution >= 0.6 is 11.6 Å². The van der Waals surface area contributed by atoms with Crippen LogP contribution < -0.4 is 0 Å². The minimum atomic E-state index is -3.73. The Morgan fingerprint density at radius 1 is 1.19 bits per heavy atom. The Bertz CT molecular complexity index is 873. The molecule has 0 spiro atoms. The number of rotatable bonds is 5. The van der Waals surface area contributed by atoms with Gasteiger partial charge in [0.05, 0.1) is 11.5 Å². The standard InChI is InChI=1S/C19H21ClFNO3S/c20-16-4-1-3-15(11-16)12-19(14-23)9-2-10-22(13-19)26(24,25)18-7-5-17(21)6-8-18/h1,3-8,11,23H,2,9-10,12-14H2/t19-/m0/s1. The number of aliphatic hydroxyl groups excluding tert-OH is 1. The summed E-state index contributed by atoms with van der Waals surface area (Å²) in [5.41, 5.74) is 0.406. The zero-order valence-corrected chi connectivity index (χ0v) is 15.8. The molecule has 0 bridgehead atoms. The van der Waals surface area contributed by atoms with Gasteiger partial charge in [-0.1, -0.05) is 23.7 Å². The largest absolute Gasteiger partial charge is 0.396 e. The topological polar surface area (TPSA) is 57.6 Å². The molecular formula is C19H21ClFNO3S. The fourth-order valence-corrected chi connectivity index (χ4v) is 5.34. The number of sulfonamides is 1. The second-order valence-corrected chi connectivity index (χ2v) is 9.24. The number of aliphatic hydroxyl groups is 1. The number of hydrogen-bond acceptors (Lipinski definition) is 3. The summed E-state index contributed by atoms with van der Waals surface area (Å²) in [5, 5.41) is 10.7. The molecule has 1 aliphatic rings. The molecule has 0 radical (unpaired) electrons. The minimum absolute atomic E-state index is 0.0652. The molecule has 1 N–H and O–H groups in total. The third-order valence-electron chi connectivity index (χ3n) is 4.88. The van der Waals surface area contributed by atoms with Gasteiger partial charge in [-0.25, -0.2) is 12.8 Å². The van der Waals surface area contributed by atoms with Crippen molar-refractivity contribution in [1.29, 1.82) is 0 Å². The van der Waals surface area contributed by atoms with Crippen molar-refractivity contribution >= 4 is 21.6 Å². The van der Waals surface area contributed by atoms with E-state index in [0.29, 0.717) is 24.4 Å². The van der Waals surface area contributed by atoms with Gasteiger partial charge in [0, 0.05) is 23.5 Å². The normalized spacial score (nSPS) is 21.7. The number of nitrogens with zero attached hydrogens (tertiary/aromatic N) is 1. The molecule has 0 saturated carbocycles. The van der Waals surface area contributed by atoms with Crippen LogP contribution in [0.1, 0.15) is 18.4 Å². The van der Waals surface area contributed by atoms with Gasteiger partial charge in [0.1, 0.15) is 5.82 Å². The summed E-state index contributed by atoms with van der Waals surface area (Å²) >= 11 is 6.05. The molecule has 2 aromatic rings. The highest BCUT2D eigenvalue weighted by Crippen LogP contribution is 2.36. The van der Waals surface area contributed by atoms with Crippen molar-refractivity contribution in [2.75, 3.05) is 19.7 Å². The highest BCUT2D eigenvalue weighted by molar-refractivity contribution is 7.89. The van der Waals surface area contributed by atoms with Crippen LogP contribution in [0.5, 0.6) is 0 Å².